The minimum absolute atomic E-state index is 0.0270. The standard InChI is InChI=1S/C16H14N2O7S/c1-10(19)11-4-3-5-13(8-11)26(23,24)17-16(20)14-9-12(18(21)22)6-7-15(14)25-2/h3-9H,1-2H3,(H,17,20). The van der Waals surface area contributed by atoms with Gasteiger partial charge in [-0.1, -0.05) is 12.1 Å². The maximum absolute atomic E-state index is 12.4. The van der Waals surface area contributed by atoms with E-state index in [1.807, 2.05) is 4.72 Å². The van der Waals surface area contributed by atoms with Crippen molar-refractivity contribution in [3.63, 3.8) is 0 Å². The summed E-state index contributed by atoms with van der Waals surface area (Å²) in [6.45, 7) is 1.28. The topological polar surface area (TPSA) is 133 Å². The van der Waals surface area contributed by atoms with Crippen molar-refractivity contribution < 1.29 is 27.7 Å². The summed E-state index contributed by atoms with van der Waals surface area (Å²) in [6.07, 6.45) is 0. The number of non-ortho nitro benzene ring substituents is 1. The maximum Gasteiger partial charge on any atom is 0.270 e. The molecule has 10 heteroatoms. The average molecular weight is 378 g/mol. The summed E-state index contributed by atoms with van der Waals surface area (Å²) < 4.78 is 31.5. The molecule has 0 saturated heterocycles. The lowest BCUT2D eigenvalue weighted by Gasteiger charge is -2.10. The molecular formula is C16H14N2O7S. The van der Waals surface area contributed by atoms with Crippen LogP contribution >= 0.6 is 0 Å². The first kappa shape index (κ1) is 19.1. The van der Waals surface area contributed by atoms with Gasteiger partial charge in [0.25, 0.3) is 21.6 Å². The van der Waals surface area contributed by atoms with Crippen LogP contribution in [0.15, 0.2) is 47.4 Å². The second-order valence-corrected chi connectivity index (χ2v) is 6.84. The van der Waals surface area contributed by atoms with E-state index in [0.717, 1.165) is 18.2 Å². The average Bonchev–Trinajstić information content (AvgIpc) is 2.60. The Bertz CT molecular complexity index is 999. The smallest absolute Gasteiger partial charge is 0.270 e. The molecular weight excluding hydrogens is 364 g/mol. The lowest BCUT2D eigenvalue weighted by molar-refractivity contribution is -0.384. The lowest BCUT2D eigenvalue weighted by Crippen LogP contribution is -2.31. The quantitative estimate of drug-likeness (QED) is 0.461. The molecule has 0 radical (unpaired) electrons. The molecule has 136 valence electrons. The fourth-order valence-electron chi connectivity index (χ4n) is 2.11. The van der Waals surface area contributed by atoms with Crippen molar-refractivity contribution >= 4 is 27.4 Å². The molecule has 0 bridgehead atoms. The van der Waals surface area contributed by atoms with Crippen molar-refractivity contribution in [2.75, 3.05) is 7.11 Å². The molecule has 0 unspecified atom stereocenters. The highest BCUT2D eigenvalue weighted by Crippen LogP contribution is 2.24. The molecule has 1 N–H and O–H groups in total. The summed E-state index contributed by atoms with van der Waals surface area (Å²) in [7, 11) is -3.06. The predicted octanol–water partition coefficient (Wildman–Crippen LogP) is 1.92. The summed E-state index contributed by atoms with van der Waals surface area (Å²) in [5, 5.41) is 10.9. The van der Waals surface area contributed by atoms with Gasteiger partial charge in [-0.2, -0.15) is 0 Å². The Morgan fingerprint density at radius 3 is 2.42 bits per heavy atom. The summed E-state index contributed by atoms with van der Waals surface area (Å²) in [5.41, 5.74) is -0.548. The molecule has 9 nitrogen and oxygen atoms in total. The number of hydrogen-bond donors (Lipinski definition) is 1. The van der Waals surface area contributed by atoms with Crippen LogP contribution in [0.1, 0.15) is 27.6 Å². The first-order valence-corrected chi connectivity index (χ1v) is 8.64. The number of ether oxygens (including phenoxy) is 1. The normalized spacial score (nSPS) is 10.8. The largest absolute Gasteiger partial charge is 0.496 e. The SMILES string of the molecule is COc1ccc([N+](=O)[O-])cc1C(=O)NS(=O)(=O)c1cccc(C(C)=O)c1. The third-order valence-electron chi connectivity index (χ3n) is 3.42. The van der Waals surface area contributed by atoms with Gasteiger partial charge in [0.1, 0.15) is 5.75 Å². The molecule has 2 aromatic rings. The van der Waals surface area contributed by atoms with Crippen LogP contribution < -0.4 is 9.46 Å². The molecule has 0 aliphatic carbocycles. The minimum atomic E-state index is -4.30. The van der Waals surface area contributed by atoms with Gasteiger partial charge in [0.05, 0.1) is 22.5 Å². The molecule has 0 fully saturated rings. The molecule has 0 aliphatic rings. The molecule has 0 aromatic heterocycles. The summed E-state index contributed by atoms with van der Waals surface area (Å²) in [4.78, 5) is 33.6. The first-order valence-electron chi connectivity index (χ1n) is 7.16. The summed E-state index contributed by atoms with van der Waals surface area (Å²) in [5.74, 6) is -1.46. The Kier molecular flexibility index (Phi) is 5.36. The molecule has 26 heavy (non-hydrogen) atoms. The van der Waals surface area contributed by atoms with E-state index in [0.29, 0.717) is 0 Å². The van der Waals surface area contributed by atoms with Gasteiger partial charge in [0.2, 0.25) is 0 Å². The highest BCUT2D eigenvalue weighted by molar-refractivity contribution is 7.90. The minimum Gasteiger partial charge on any atom is -0.496 e. The number of nitrogens with one attached hydrogen (secondary N) is 1. The monoisotopic (exact) mass is 378 g/mol. The van der Waals surface area contributed by atoms with Crippen LogP contribution in [0.3, 0.4) is 0 Å². The van der Waals surface area contributed by atoms with Crippen LogP contribution in [0.4, 0.5) is 5.69 Å². The number of benzene rings is 2. The summed E-state index contributed by atoms with van der Waals surface area (Å²) >= 11 is 0. The zero-order valence-corrected chi connectivity index (χ0v) is 14.6. The zero-order chi connectivity index (χ0) is 19.5. The van der Waals surface area contributed by atoms with Crippen molar-refractivity contribution in [3.05, 3.63) is 63.7 Å². The number of nitrogens with zero attached hydrogens (tertiary/aromatic N) is 1. The Labute approximate surface area is 148 Å². The number of sulfonamides is 1. The molecule has 2 aromatic carbocycles. The molecule has 0 saturated carbocycles. The van der Waals surface area contributed by atoms with Crippen LogP contribution in [0.2, 0.25) is 0 Å². The molecule has 2 rings (SSSR count). The van der Waals surface area contributed by atoms with Gasteiger partial charge in [-0.05, 0) is 25.1 Å². The van der Waals surface area contributed by atoms with Crippen molar-refractivity contribution in [2.24, 2.45) is 0 Å². The fraction of sp³-hybridized carbons (Fsp3) is 0.125. The highest BCUT2D eigenvalue weighted by Gasteiger charge is 2.23. The Balaban J connectivity index is 2.40. The van der Waals surface area contributed by atoms with Gasteiger partial charge < -0.3 is 4.74 Å². The van der Waals surface area contributed by atoms with Gasteiger partial charge in [-0.15, -0.1) is 0 Å². The number of methoxy groups -OCH3 is 1. The number of rotatable bonds is 6. The van der Waals surface area contributed by atoms with Crippen LogP contribution in [0.25, 0.3) is 0 Å². The predicted molar refractivity (Wildman–Crippen MR) is 90.7 cm³/mol. The van der Waals surface area contributed by atoms with Crippen molar-refractivity contribution in [3.8, 4) is 5.75 Å². The Hall–Kier alpha value is -3.27. The number of ketones is 1. The molecule has 0 heterocycles. The van der Waals surface area contributed by atoms with E-state index >= 15 is 0 Å². The van der Waals surface area contributed by atoms with Gasteiger partial charge >= 0.3 is 0 Å². The van der Waals surface area contributed by atoms with E-state index in [9.17, 15) is 28.1 Å². The maximum atomic E-state index is 12.4. The number of amides is 1. The van der Waals surface area contributed by atoms with Crippen LogP contribution in [-0.4, -0.2) is 32.1 Å². The molecule has 0 spiro atoms. The third-order valence-corrected chi connectivity index (χ3v) is 4.75. The van der Waals surface area contributed by atoms with E-state index in [4.69, 9.17) is 4.74 Å². The van der Waals surface area contributed by atoms with E-state index < -0.39 is 26.5 Å². The van der Waals surface area contributed by atoms with Gasteiger partial charge in [0, 0.05) is 17.7 Å². The second-order valence-electron chi connectivity index (χ2n) is 5.16. The third kappa shape index (κ3) is 4.03. The van der Waals surface area contributed by atoms with Gasteiger partial charge in [0.15, 0.2) is 5.78 Å². The lowest BCUT2D eigenvalue weighted by atomic mass is 10.1. The number of Topliss-reactive ketones (excluding diaryl/α,β-unsaturated/α-hetero) is 1. The number of carbonyl (C=O) groups excluding carboxylic acids is 2. The number of hydrogen-bond acceptors (Lipinski definition) is 7. The van der Waals surface area contributed by atoms with E-state index in [2.05, 4.69) is 0 Å². The number of carbonyl (C=O) groups is 2. The van der Waals surface area contributed by atoms with Gasteiger partial charge in [-0.3, -0.25) is 19.7 Å². The molecule has 1 amide bonds. The van der Waals surface area contributed by atoms with Crippen LogP contribution in [0, 0.1) is 10.1 Å². The van der Waals surface area contributed by atoms with Crippen LogP contribution in [0.5, 0.6) is 5.75 Å². The highest BCUT2D eigenvalue weighted by atomic mass is 32.2. The van der Waals surface area contributed by atoms with E-state index in [1.54, 1.807) is 0 Å². The van der Waals surface area contributed by atoms with E-state index in [-0.39, 0.29) is 27.6 Å². The summed E-state index contributed by atoms with van der Waals surface area (Å²) in [6, 6.07) is 8.37. The van der Waals surface area contributed by atoms with E-state index in [1.165, 1.54) is 38.3 Å². The molecule has 0 atom stereocenters. The van der Waals surface area contributed by atoms with Crippen LogP contribution in [-0.2, 0) is 10.0 Å². The van der Waals surface area contributed by atoms with Crippen molar-refractivity contribution in [2.45, 2.75) is 11.8 Å². The van der Waals surface area contributed by atoms with Crippen molar-refractivity contribution in [1.82, 2.24) is 4.72 Å². The number of nitro groups is 1. The Morgan fingerprint density at radius 2 is 1.85 bits per heavy atom. The van der Waals surface area contributed by atoms with Gasteiger partial charge in [-0.25, -0.2) is 13.1 Å². The second kappa shape index (κ2) is 7.31. The first-order chi connectivity index (χ1) is 12.2. The Morgan fingerprint density at radius 1 is 1.15 bits per heavy atom. The van der Waals surface area contributed by atoms with Crippen molar-refractivity contribution in [1.29, 1.82) is 0 Å². The molecule has 0 aliphatic heterocycles. The number of nitro benzene ring substituents is 1. The fourth-order valence-corrected chi connectivity index (χ4v) is 3.12. The zero-order valence-electron chi connectivity index (χ0n) is 13.8.